The minimum atomic E-state index is -0.161. The Morgan fingerprint density at radius 2 is 1.94 bits per heavy atom. The van der Waals surface area contributed by atoms with Crippen LogP contribution in [0.3, 0.4) is 0 Å². The maximum absolute atomic E-state index is 12.0. The number of hydrogen-bond donors (Lipinski definition) is 1. The Labute approximate surface area is 96.8 Å². The molecule has 1 rings (SSSR count). The summed E-state index contributed by atoms with van der Waals surface area (Å²) >= 11 is 0. The predicted octanol–water partition coefficient (Wildman–Crippen LogP) is 2.10. The number of aryl methyl sites for hydroxylation is 2. The van der Waals surface area contributed by atoms with Crippen molar-refractivity contribution in [3.63, 3.8) is 0 Å². The number of Topliss-reactive ketones (excluding diaryl/α,β-unsaturated/α-hetero) is 1. The number of methoxy groups -OCH3 is 1. The van der Waals surface area contributed by atoms with Crippen LogP contribution in [0.15, 0.2) is 12.1 Å². The van der Waals surface area contributed by atoms with Gasteiger partial charge < -0.3 is 10.1 Å². The summed E-state index contributed by atoms with van der Waals surface area (Å²) in [5.41, 5.74) is 2.70. The molecule has 0 amide bonds. The van der Waals surface area contributed by atoms with Gasteiger partial charge in [0.1, 0.15) is 5.75 Å². The number of carbonyl (C=O) groups is 1. The van der Waals surface area contributed by atoms with Gasteiger partial charge in [-0.25, -0.2) is 0 Å². The monoisotopic (exact) mass is 221 g/mol. The van der Waals surface area contributed by atoms with Crippen LogP contribution in [-0.2, 0) is 0 Å². The molecule has 1 aromatic rings. The Kier molecular flexibility index (Phi) is 4.07. The molecule has 0 saturated heterocycles. The number of rotatable bonds is 4. The van der Waals surface area contributed by atoms with Gasteiger partial charge in [0.25, 0.3) is 0 Å². The van der Waals surface area contributed by atoms with E-state index in [4.69, 9.17) is 4.74 Å². The van der Waals surface area contributed by atoms with Crippen molar-refractivity contribution in [3.8, 4) is 5.75 Å². The van der Waals surface area contributed by atoms with E-state index in [-0.39, 0.29) is 11.8 Å². The lowest BCUT2D eigenvalue weighted by Crippen LogP contribution is -2.31. The number of carbonyl (C=O) groups excluding carboxylic acids is 1. The van der Waals surface area contributed by atoms with Crippen LogP contribution in [0.1, 0.15) is 28.4 Å². The van der Waals surface area contributed by atoms with Gasteiger partial charge in [0.2, 0.25) is 0 Å². The second-order valence-corrected chi connectivity index (χ2v) is 4.01. The average Bonchev–Trinajstić information content (AvgIpc) is 2.29. The molecule has 1 unspecified atom stereocenters. The maximum Gasteiger partial charge on any atom is 0.179 e. The number of hydrogen-bond acceptors (Lipinski definition) is 3. The van der Waals surface area contributed by atoms with Crippen LogP contribution in [0.5, 0.6) is 5.75 Å². The third-order valence-corrected chi connectivity index (χ3v) is 2.83. The van der Waals surface area contributed by atoms with Crippen molar-refractivity contribution in [1.82, 2.24) is 5.32 Å². The van der Waals surface area contributed by atoms with Gasteiger partial charge in [-0.05, 0) is 51.1 Å². The molecule has 0 aromatic heterocycles. The molecule has 1 N–H and O–H groups in total. The highest BCUT2D eigenvalue weighted by molar-refractivity contribution is 6.01. The number of likely N-dealkylation sites (N-methyl/N-ethyl adjacent to an activating group) is 1. The molecular formula is C13H19NO2. The van der Waals surface area contributed by atoms with Crippen molar-refractivity contribution in [2.24, 2.45) is 0 Å². The molecule has 16 heavy (non-hydrogen) atoms. The molecule has 0 fully saturated rings. The van der Waals surface area contributed by atoms with E-state index in [0.29, 0.717) is 0 Å². The fourth-order valence-corrected chi connectivity index (χ4v) is 1.64. The van der Waals surface area contributed by atoms with Crippen LogP contribution in [0, 0.1) is 13.8 Å². The highest BCUT2D eigenvalue weighted by Gasteiger charge is 2.16. The summed E-state index contributed by atoms with van der Waals surface area (Å²) in [6, 6.07) is 3.64. The first kappa shape index (κ1) is 12.7. The van der Waals surface area contributed by atoms with Gasteiger partial charge >= 0.3 is 0 Å². The maximum atomic E-state index is 12.0. The molecule has 0 radical (unpaired) electrons. The molecule has 1 atom stereocenters. The minimum Gasteiger partial charge on any atom is -0.496 e. The first-order chi connectivity index (χ1) is 7.51. The smallest absolute Gasteiger partial charge is 0.179 e. The van der Waals surface area contributed by atoms with E-state index in [1.165, 1.54) is 0 Å². The second-order valence-electron chi connectivity index (χ2n) is 4.01. The molecule has 3 nitrogen and oxygen atoms in total. The van der Waals surface area contributed by atoms with Crippen LogP contribution in [0.2, 0.25) is 0 Å². The summed E-state index contributed by atoms with van der Waals surface area (Å²) in [7, 11) is 3.42. The Bertz CT molecular complexity index is 399. The van der Waals surface area contributed by atoms with Crippen molar-refractivity contribution in [2.75, 3.05) is 14.2 Å². The van der Waals surface area contributed by atoms with Crippen molar-refractivity contribution in [2.45, 2.75) is 26.8 Å². The third-order valence-electron chi connectivity index (χ3n) is 2.83. The number of nitrogens with one attached hydrogen (secondary N) is 1. The van der Waals surface area contributed by atoms with Crippen LogP contribution in [0.25, 0.3) is 0 Å². The molecule has 0 aliphatic heterocycles. The van der Waals surface area contributed by atoms with Crippen LogP contribution < -0.4 is 10.1 Å². The van der Waals surface area contributed by atoms with E-state index in [0.717, 1.165) is 22.4 Å². The molecule has 1 aromatic carbocycles. The molecule has 3 heteroatoms. The molecule has 0 aliphatic carbocycles. The fraction of sp³-hybridized carbons (Fsp3) is 0.462. The normalized spacial score (nSPS) is 12.3. The van der Waals surface area contributed by atoms with E-state index in [9.17, 15) is 4.79 Å². The molecule has 0 spiro atoms. The van der Waals surface area contributed by atoms with Gasteiger partial charge in [0.15, 0.2) is 5.78 Å². The van der Waals surface area contributed by atoms with Crippen molar-refractivity contribution in [1.29, 1.82) is 0 Å². The van der Waals surface area contributed by atoms with Crippen LogP contribution >= 0.6 is 0 Å². The Hall–Kier alpha value is -1.35. The van der Waals surface area contributed by atoms with Gasteiger partial charge in [-0.3, -0.25) is 4.79 Å². The molecule has 0 heterocycles. The van der Waals surface area contributed by atoms with E-state index in [2.05, 4.69) is 5.32 Å². The summed E-state index contributed by atoms with van der Waals surface area (Å²) in [4.78, 5) is 12.0. The zero-order chi connectivity index (χ0) is 12.3. The lowest BCUT2D eigenvalue weighted by Gasteiger charge is -2.14. The van der Waals surface area contributed by atoms with Crippen LogP contribution in [-0.4, -0.2) is 26.0 Å². The Balaban J connectivity index is 3.16. The lowest BCUT2D eigenvalue weighted by atomic mass is 9.98. The van der Waals surface area contributed by atoms with E-state index < -0.39 is 0 Å². The lowest BCUT2D eigenvalue weighted by molar-refractivity contribution is 0.0954. The zero-order valence-electron chi connectivity index (χ0n) is 10.5. The first-order valence-corrected chi connectivity index (χ1v) is 5.38. The summed E-state index contributed by atoms with van der Waals surface area (Å²) in [5, 5.41) is 2.96. The van der Waals surface area contributed by atoms with Crippen molar-refractivity contribution >= 4 is 5.78 Å². The van der Waals surface area contributed by atoms with E-state index >= 15 is 0 Å². The van der Waals surface area contributed by atoms with E-state index in [1.54, 1.807) is 14.2 Å². The molecule has 0 aliphatic rings. The summed E-state index contributed by atoms with van der Waals surface area (Å²) in [5.74, 6) is 0.942. The summed E-state index contributed by atoms with van der Waals surface area (Å²) < 4.78 is 5.22. The predicted molar refractivity (Wildman–Crippen MR) is 65.3 cm³/mol. The largest absolute Gasteiger partial charge is 0.496 e. The van der Waals surface area contributed by atoms with Gasteiger partial charge in [0.05, 0.1) is 13.2 Å². The molecule has 88 valence electrons. The van der Waals surface area contributed by atoms with Gasteiger partial charge in [-0.15, -0.1) is 0 Å². The van der Waals surface area contributed by atoms with E-state index in [1.807, 2.05) is 32.9 Å². The topological polar surface area (TPSA) is 38.3 Å². The number of ketones is 1. The third kappa shape index (κ3) is 2.42. The first-order valence-electron chi connectivity index (χ1n) is 5.38. The SMILES string of the molecule is CNC(C)C(=O)c1cc(C)c(OC)cc1C. The standard InChI is InChI=1S/C13H19NO2/c1-8-7-12(16-5)9(2)6-11(8)13(15)10(3)14-4/h6-7,10,14H,1-5H3. The number of benzene rings is 1. The quantitative estimate of drug-likeness (QED) is 0.791. The Morgan fingerprint density at radius 1 is 1.31 bits per heavy atom. The minimum absolute atomic E-state index is 0.116. The molecule has 0 bridgehead atoms. The Morgan fingerprint density at radius 3 is 2.44 bits per heavy atom. The molecule has 0 saturated carbocycles. The van der Waals surface area contributed by atoms with Gasteiger partial charge in [-0.2, -0.15) is 0 Å². The summed E-state index contributed by atoms with van der Waals surface area (Å²) in [6.07, 6.45) is 0. The highest BCUT2D eigenvalue weighted by Crippen LogP contribution is 2.23. The fourth-order valence-electron chi connectivity index (χ4n) is 1.64. The van der Waals surface area contributed by atoms with Crippen molar-refractivity contribution < 1.29 is 9.53 Å². The van der Waals surface area contributed by atoms with Gasteiger partial charge in [-0.1, -0.05) is 0 Å². The number of ether oxygens (including phenoxy) is 1. The van der Waals surface area contributed by atoms with Crippen LogP contribution in [0.4, 0.5) is 0 Å². The average molecular weight is 221 g/mol. The highest BCUT2D eigenvalue weighted by atomic mass is 16.5. The molecular weight excluding hydrogens is 202 g/mol. The van der Waals surface area contributed by atoms with Crippen molar-refractivity contribution in [3.05, 3.63) is 28.8 Å². The summed E-state index contributed by atoms with van der Waals surface area (Å²) in [6.45, 7) is 5.73. The second kappa shape index (κ2) is 5.12. The zero-order valence-corrected chi connectivity index (χ0v) is 10.5. The van der Waals surface area contributed by atoms with Gasteiger partial charge in [0, 0.05) is 5.56 Å².